The maximum atomic E-state index is 10.4. The van der Waals surface area contributed by atoms with Gasteiger partial charge in [0.15, 0.2) is 0 Å². The number of rotatable bonds is 3. The lowest BCUT2D eigenvalue weighted by Gasteiger charge is -2.35. The van der Waals surface area contributed by atoms with Gasteiger partial charge in [0.25, 0.3) is 0 Å². The zero-order chi connectivity index (χ0) is 10.6. The van der Waals surface area contributed by atoms with Crippen molar-refractivity contribution in [3.05, 3.63) is 0 Å². The highest BCUT2D eigenvalue weighted by Crippen LogP contribution is 2.33. The predicted octanol–water partition coefficient (Wildman–Crippen LogP) is 2.48. The molecule has 0 radical (unpaired) electrons. The molecule has 84 valence electrons. The molecule has 1 aliphatic carbocycles. The monoisotopic (exact) mass is 200 g/mol. The number of aliphatic hydroxyl groups excluding tert-OH is 1. The van der Waals surface area contributed by atoms with Crippen LogP contribution in [0.15, 0.2) is 0 Å². The molecule has 2 N–H and O–H groups in total. The molecular weight excluding hydrogens is 176 g/mol. The van der Waals surface area contributed by atoms with Gasteiger partial charge in [0.05, 0.1) is 11.7 Å². The molecule has 0 saturated heterocycles. The van der Waals surface area contributed by atoms with E-state index in [0.29, 0.717) is 0 Å². The molecule has 0 aliphatic heterocycles. The summed E-state index contributed by atoms with van der Waals surface area (Å²) in [4.78, 5) is 0. The summed E-state index contributed by atoms with van der Waals surface area (Å²) in [6.45, 7) is 4.08. The summed E-state index contributed by atoms with van der Waals surface area (Å²) in [6, 6.07) is 0. The van der Waals surface area contributed by atoms with Crippen LogP contribution in [0.2, 0.25) is 0 Å². The zero-order valence-electron chi connectivity index (χ0n) is 9.50. The fourth-order valence-corrected chi connectivity index (χ4v) is 2.39. The van der Waals surface area contributed by atoms with E-state index in [1.165, 1.54) is 12.8 Å². The number of hydrogen-bond donors (Lipinski definition) is 2. The highest BCUT2D eigenvalue weighted by atomic mass is 16.3. The average Bonchev–Trinajstić information content (AvgIpc) is 2.41. The highest BCUT2D eigenvalue weighted by Gasteiger charge is 2.37. The first-order chi connectivity index (χ1) is 6.60. The van der Waals surface area contributed by atoms with Crippen molar-refractivity contribution in [3.8, 4) is 0 Å². The zero-order valence-corrected chi connectivity index (χ0v) is 9.50. The minimum absolute atomic E-state index is 0.207. The van der Waals surface area contributed by atoms with Crippen LogP contribution in [0.4, 0.5) is 0 Å². The van der Waals surface area contributed by atoms with Gasteiger partial charge in [-0.3, -0.25) is 0 Å². The third-order valence-electron chi connectivity index (χ3n) is 3.70. The van der Waals surface area contributed by atoms with Gasteiger partial charge in [-0.25, -0.2) is 0 Å². The molecule has 2 atom stereocenters. The molecule has 0 aromatic heterocycles. The topological polar surface area (TPSA) is 40.5 Å². The van der Waals surface area contributed by atoms with Crippen LogP contribution < -0.4 is 0 Å². The van der Waals surface area contributed by atoms with E-state index in [4.69, 9.17) is 0 Å². The average molecular weight is 200 g/mol. The van der Waals surface area contributed by atoms with Gasteiger partial charge >= 0.3 is 0 Å². The first-order valence-corrected chi connectivity index (χ1v) is 6.00. The van der Waals surface area contributed by atoms with Gasteiger partial charge in [-0.15, -0.1) is 0 Å². The summed E-state index contributed by atoms with van der Waals surface area (Å²) >= 11 is 0. The molecule has 0 aromatic rings. The molecule has 1 aliphatic rings. The molecule has 0 amide bonds. The SMILES string of the molecule is CCC(C)C(O)C1(O)CCCCCC1. The van der Waals surface area contributed by atoms with Crippen molar-refractivity contribution in [2.24, 2.45) is 5.92 Å². The maximum Gasteiger partial charge on any atom is 0.0908 e. The molecule has 0 bridgehead atoms. The second-order valence-corrected chi connectivity index (χ2v) is 4.85. The molecule has 2 unspecified atom stereocenters. The van der Waals surface area contributed by atoms with E-state index in [-0.39, 0.29) is 5.92 Å². The van der Waals surface area contributed by atoms with E-state index >= 15 is 0 Å². The van der Waals surface area contributed by atoms with Gasteiger partial charge < -0.3 is 10.2 Å². The second kappa shape index (κ2) is 5.13. The molecule has 1 fully saturated rings. The Bertz CT molecular complexity index is 160. The fourth-order valence-electron chi connectivity index (χ4n) is 2.39. The van der Waals surface area contributed by atoms with Crippen LogP contribution in [0.3, 0.4) is 0 Å². The fraction of sp³-hybridized carbons (Fsp3) is 1.00. The summed E-state index contributed by atoms with van der Waals surface area (Å²) in [5.41, 5.74) is -0.800. The van der Waals surface area contributed by atoms with Crippen LogP contribution in [0.25, 0.3) is 0 Å². The molecule has 0 spiro atoms. The first kappa shape index (κ1) is 12.0. The Balaban J connectivity index is 2.60. The largest absolute Gasteiger partial charge is 0.390 e. The number of hydrogen-bond acceptors (Lipinski definition) is 2. The third kappa shape index (κ3) is 2.71. The van der Waals surface area contributed by atoms with E-state index in [1.54, 1.807) is 0 Å². The van der Waals surface area contributed by atoms with Gasteiger partial charge in [0, 0.05) is 0 Å². The maximum absolute atomic E-state index is 10.4. The van der Waals surface area contributed by atoms with Crippen molar-refractivity contribution in [1.29, 1.82) is 0 Å². The van der Waals surface area contributed by atoms with E-state index in [0.717, 1.165) is 32.1 Å². The Morgan fingerprint density at radius 3 is 2.07 bits per heavy atom. The first-order valence-electron chi connectivity index (χ1n) is 6.00. The van der Waals surface area contributed by atoms with Gasteiger partial charge in [-0.2, -0.15) is 0 Å². The van der Waals surface area contributed by atoms with E-state index in [9.17, 15) is 10.2 Å². The standard InChI is InChI=1S/C12H24O2/c1-3-10(2)11(13)12(14)8-6-4-5-7-9-12/h10-11,13-14H,3-9H2,1-2H3. The molecule has 2 nitrogen and oxygen atoms in total. The van der Waals surface area contributed by atoms with Crippen molar-refractivity contribution in [2.45, 2.75) is 70.5 Å². The lowest BCUT2D eigenvalue weighted by molar-refractivity contribution is -0.106. The van der Waals surface area contributed by atoms with Gasteiger partial charge in [-0.05, 0) is 18.8 Å². The van der Waals surface area contributed by atoms with Gasteiger partial charge in [0.2, 0.25) is 0 Å². The molecule has 14 heavy (non-hydrogen) atoms. The summed E-state index contributed by atoms with van der Waals surface area (Å²) in [7, 11) is 0. The summed E-state index contributed by atoms with van der Waals surface area (Å²) < 4.78 is 0. The van der Waals surface area contributed by atoms with Crippen molar-refractivity contribution in [3.63, 3.8) is 0 Å². The Morgan fingerprint density at radius 2 is 1.64 bits per heavy atom. The predicted molar refractivity (Wildman–Crippen MR) is 58.1 cm³/mol. The molecular formula is C12H24O2. The van der Waals surface area contributed by atoms with Gasteiger partial charge in [0.1, 0.15) is 0 Å². The van der Waals surface area contributed by atoms with Crippen LogP contribution in [0.5, 0.6) is 0 Å². The molecule has 0 heterocycles. The Morgan fingerprint density at radius 1 is 1.14 bits per heavy atom. The quantitative estimate of drug-likeness (QED) is 0.687. The summed E-state index contributed by atoms with van der Waals surface area (Å²) in [5.74, 6) is 0.207. The van der Waals surface area contributed by atoms with Crippen LogP contribution in [-0.2, 0) is 0 Å². The van der Waals surface area contributed by atoms with Gasteiger partial charge in [-0.1, -0.05) is 46.0 Å². The highest BCUT2D eigenvalue weighted by molar-refractivity contribution is 4.90. The Labute approximate surface area is 87.3 Å². The van der Waals surface area contributed by atoms with Crippen molar-refractivity contribution < 1.29 is 10.2 Å². The van der Waals surface area contributed by atoms with E-state index < -0.39 is 11.7 Å². The van der Waals surface area contributed by atoms with Crippen molar-refractivity contribution in [2.75, 3.05) is 0 Å². The molecule has 2 heteroatoms. The van der Waals surface area contributed by atoms with Crippen LogP contribution in [0, 0.1) is 5.92 Å². The molecule has 1 saturated carbocycles. The van der Waals surface area contributed by atoms with Crippen molar-refractivity contribution in [1.82, 2.24) is 0 Å². The van der Waals surface area contributed by atoms with Crippen LogP contribution in [-0.4, -0.2) is 21.9 Å². The minimum atomic E-state index is -0.800. The van der Waals surface area contributed by atoms with E-state index in [2.05, 4.69) is 6.92 Å². The lowest BCUT2D eigenvalue weighted by Crippen LogP contribution is -2.45. The minimum Gasteiger partial charge on any atom is -0.390 e. The lowest BCUT2D eigenvalue weighted by atomic mass is 9.81. The third-order valence-corrected chi connectivity index (χ3v) is 3.70. The normalized spacial score (nSPS) is 26.6. The Hall–Kier alpha value is -0.0800. The Kier molecular flexibility index (Phi) is 4.39. The smallest absolute Gasteiger partial charge is 0.0908 e. The van der Waals surface area contributed by atoms with Crippen LogP contribution >= 0.6 is 0 Å². The van der Waals surface area contributed by atoms with Crippen LogP contribution in [0.1, 0.15) is 58.8 Å². The van der Waals surface area contributed by atoms with Crippen molar-refractivity contribution >= 4 is 0 Å². The van der Waals surface area contributed by atoms with E-state index in [1.807, 2.05) is 6.92 Å². The number of aliphatic hydroxyl groups is 2. The summed E-state index contributed by atoms with van der Waals surface area (Å²) in [6.07, 6.45) is 6.48. The second-order valence-electron chi connectivity index (χ2n) is 4.85. The molecule has 1 rings (SSSR count). The molecule has 0 aromatic carbocycles. The summed E-state index contributed by atoms with van der Waals surface area (Å²) in [5, 5.41) is 20.4.